The lowest BCUT2D eigenvalue weighted by molar-refractivity contribution is 0.0925. The Morgan fingerprint density at radius 2 is 2.16 bits per heavy atom. The van der Waals surface area contributed by atoms with E-state index >= 15 is 0 Å². The van der Waals surface area contributed by atoms with E-state index in [4.69, 9.17) is 15.3 Å². The van der Waals surface area contributed by atoms with E-state index < -0.39 is 6.09 Å². The molecule has 7 nitrogen and oxygen atoms in total. The predicted molar refractivity (Wildman–Crippen MR) is 67.6 cm³/mol. The molecule has 0 fully saturated rings. The Morgan fingerprint density at radius 3 is 2.84 bits per heavy atom. The quantitative estimate of drug-likeness (QED) is 0.441. The van der Waals surface area contributed by atoms with Gasteiger partial charge in [0.15, 0.2) is 11.5 Å². The summed E-state index contributed by atoms with van der Waals surface area (Å²) in [6, 6.07) is 3.05. The largest absolute Gasteiger partial charge is 0.465 e. The van der Waals surface area contributed by atoms with Crippen molar-refractivity contribution in [2.75, 3.05) is 19.6 Å². The molecule has 19 heavy (non-hydrogen) atoms. The maximum Gasteiger partial charge on any atom is 0.405 e. The molecule has 7 heteroatoms. The van der Waals surface area contributed by atoms with Gasteiger partial charge in [-0.05, 0) is 31.0 Å². The van der Waals surface area contributed by atoms with Crippen molar-refractivity contribution in [2.24, 2.45) is 5.73 Å². The molecule has 102 valence electrons. The molecule has 0 spiro atoms. The molecule has 0 bridgehead atoms. The number of hydrogen-bond acceptors (Lipinski definition) is 4. The summed E-state index contributed by atoms with van der Waals surface area (Å²) in [6.07, 6.45) is -0.450. The Balaban J connectivity index is 2.47. The minimum atomic E-state index is -1.14. The topological polar surface area (TPSA) is 118 Å². The van der Waals surface area contributed by atoms with Gasteiger partial charge >= 0.3 is 6.09 Å². The number of carbonyl (C=O) groups is 2. The van der Waals surface area contributed by atoms with Gasteiger partial charge in [0.2, 0.25) is 0 Å². The third-order valence-corrected chi connectivity index (χ3v) is 2.04. The lowest BCUT2D eigenvalue weighted by atomic mass is 10.3. The number of rotatable bonds is 5. The smallest absolute Gasteiger partial charge is 0.405 e. The van der Waals surface area contributed by atoms with Crippen LogP contribution in [-0.4, -0.2) is 36.7 Å². The Labute approximate surface area is 110 Å². The van der Waals surface area contributed by atoms with Gasteiger partial charge in [-0.2, -0.15) is 0 Å². The Kier molecular flexibility index (Phi) is 5.98. The van der Waals surface area contributed by atoms with Crippen LogP contribution in [0.5, 0.6) is 0 Å². The van der Waals surface area contributed by atoms with Gasteiger partial charge < -0.3 is 25.9 Å². The van der Waals surface area contributed by atoms with Crippen molar-refractivity contribution in [3.63, 3.8) is 0 Å². The van der Waals surface area contributed by atoms with Crippen LogP contribution in [0.15, 0.2) is 16.5 Å². The highest BCUT2D eigenvalue weighted by Gasteiger charge is 2.09. The zero-order valence-electron chi connectivity index (χ0n) is 10.2. The lowest BCUT2D eigenvalue weighted by Crippen LogP contribution is -2.25. The normalized spacial score (nSPS) is 9.32. The third-order valence-electron chi connectivity index (χ3n) is 2.04. The van der Waals surface area contributed by atoms with Gasteiger partial charge in [-0.3, -0.25) is 4.79 Å². The van der Waals surface area contributed by atoms with Gasteiger partial charge in [0.25, 0.3) is 5.91 Å². The predicted octanol–water partition coefficient (Wildman–Crippen LogP) is -0.0227. The second-order valence-corrected chi connectivity index (χ2v) is 3.52. The fourth-order valence-electron chi connectivity index (χ4n) is 1.17. The van der Waals surface area contributed by atoms with Gasteiger partial charge in [0.1, 0.15) is 0 Å². The van der Waals surface area contributed by atoms with E-state index in [1.54, 1.807) is 6.07 Å². The fraction of sp³-hybridized carbons (Fsp3) is 0.333. The van der Waals surface area contributed by atoms with Crippen molar-refractivity contribution in [1.82, 2.24) is 10.6 Å². The average molecular weight is 265 g/mol. The molecule has 1 aromatic rings. The molecule has 0 aliphatic rings. The second-order valence-electron chi connectivity index (χ2n) is 3.52. The van der Waals surface area contributed by atoms with Crippen LogP contribution in [0.2, 0.25) is 0 Å². The molecule has 1 heterocycles. The maximum absolute atomic E-state index is 11.6. The van der Waals surface area contributed by atoms with Crippen molar-refractivity contribution in [1.29, 1.82) is 0 Å². The van der Waals surface area contributed by atoms with E-state index in [0.717, 1.165) is 0 Å². The summed E-state index contributed by atoms with van der Waals surface area (Å²) < 4.78 is 5.19. The standard InChI is InChI=1S/C12H15N3O4/c13-6-2-8-14-11(16)10-5-4-9(19-10)3-1-7-15-12(17)18/h4-5,15H,2,6-8,13H2,(H,14,16)(H,17,18). The number of nitrogens with two attached hydrogens (primary N) is 1. The van der Waals surface area contributed by atoms with Gasteiger partial charge in [-0.1, -0.05) is 5.92 Å². The Hall–Kier alpha value is -2.46. The minimum absolute atomic E-state index is 0.00589. The first-order chi connectivity index (χ1) is 9.13. The molecule has 0 aromatic carbocycles. The number of hydrogen-bond donors (Lipinski definition) is 4. The molecule has 0 saturated heterocycles. The lowest BCUT2D eigenvalue weighted by Gasteiger charge is -2.00. The fourth-order valence-corrected chi connectivity index (χ4v) is 1.17. The summed E-state index contributed by atoms with van der Waals surface area (Å²) >= 11 is 0. The van der Waals surface area contributed by atoms with Crippen LogP contribution in [-0.2, 0) is 0 Å². The Bertz CT molecular complexity index is 499. The van der Waals surface area contributed by atoms with Gasteiger partial charge in [0.05, 0.1) is 6.54 Å². The van der Waals surface area contributed by atoms with Crippen LogP contribution in [0.4, 0.5) is 4.79 Å². The summed E-state index contributed by atoms with van der Waals surface area (Å²) in [4.78, 5) is 21.7. The number of nitrogens with one attached hydrogen (secondary N) is 2. The molecule has 0 saturated carbocycles. The summed E-state index contributed by atoms with van der Waals surface area (Å²) in [5.41, 5.74) is 5.31. The molecular formula is C12H15N3O4. The zero-order chi connectivity index (χ0) is 14.1. The van der Waals surface area contributed by atoms with Crippen molar-refractivity contribution in [3.05, 3.63) is 23.7 Å². The van der Waals surface area contributed by atoms with Crippen molar-refractivity contribution < 1.29 is 19.1 Å². The summed E-state index contributed by atoms with van der Waals surface area (Å²) in [5.74, 6) is 5.29. The van der Waals surface area contributed by atoms with E-state index in [1.165, 1.54) is 6.07 Å². The van der Waals surface area contributed by atoms with E-state index in [-0.39, 0.29) is 18.2 Å². The van der Waals surface area contributed by atoms with Gasteiger partial charge in [0, 0.05) is 6.54 Å². The number of amides is 2. The molecule has 1 aromatic heterocycles. The zero-order valence-corrected chi connectivity index (χ0v) is 10.2. The summed E-state index contributed by atoms with van der Waals surface area (Å²) in [5, 5.41) is 13.1. The summed E-state index contributed by atoms with van der Waals surface area (Å²) in [6.45, 7) is 0.985. The first-order valence-electron chi connectivity index (χ1n) is 5.67. The van der Waals surface area contributed by atoms with Gasteiger partial charge in [-0.15, -0.1) is 0 Å². The molecule has 0 atom stereocenters. The van der Waals surface area contributed by atoms with E-state index in [0.29, 0.717) is 25.3 Å². The van der Waals surface area contributed by atoms with E-state index in [9.17, 15) is 9.59 Å². The van der Waals surface area contributed by atoms with E-state index in [1.807, 2.05) is 0 Å². The molecule has 1 rings (SSSR count). The maximum atomic E-state index is 11.6. The van der Waals surface area contributed by atoms with Crippen LogP contribution >= 0.6 is 0 Å². The van der Waals surface area contributed by atoms with E-state index in [2.05, 4.69) is 22.5 Å². The number of furan rings is 1. The molecule has 0 unspecified atom stereocenters. The first kappa shape index (κ1) is 14.6. The second kappa shape index (κ2) is 7.79. The summed E-state index contributed by atoms with van der Waals surface area (Å²) in [7, 11) is 0. The van der Waals surface area contributed by atoms with Crippen molar-refractivity contribution >= 4 is 12.0 Å². The number of carboxylic acid groups (broad SMARTS) is 1. The molecular weight excluding hydrogens is 250 g/mol. The third kappa shape index (κ3) is 5.61. The van der Waals surface area contributed by atoms with Crippen LogP contribution in [0.25, 0.3) is 0 Å². The Morgan fingerprint density at radius 1 is 1.37 bits per heavy atom. The van der Waals surface area contributed by atoms with Gasteiger partial charge in [-0.25, -0.2) is 4.79 Å². The van der Waals surface area contributed by atoms with Crippen molar-refractivity contribution in [2.45, 2.75) is 6.42 Å². The first-order valence-corrected chi connectivity index (χ1v) is 5.67. The monoisotopic (exact) mass is 265 g/mol. The number of carbonyl (C=O) groups excluding carboxylic acids is 1. The molecule has 0 aliphatic heterocycles. The van der Waals surface area contributed by atoms with Crippen LogP contribution in [0.3, 0.4) is 0 Å². The molecule has 0 radical (unpaired) electrons. The molecule has 2 amide bonds. The van der Waals surface area contributed by atoms with Crippen LogP contribution in [0, 0.1) is 11.8 Å². The highest BCUT2D eigenvalue weighted by molar-refractivity contribution is 5.91. The highest BCUT2D eigenvalue weighted by Crippen LogP contribution is 2.06. The minimum Gasteiger partial charge on any atom is -0.465 e. The highest BCUT2D eigenvalue weighted by atomic mass is 16.4. The van der Waals surface area contributed by atoms with Crippen LogP contribution in [0.1, 0.15) is 22.7 Å². The molecule has 0 aliphatic carbocycles. The molecule has 5 N–H and O–H groups in total. The average Bonchev–Trinajstić information content (AvgIpc) is 2.83. The van der Waals surface area contributed by atoms with Crippen LogP contribution < -0.4 is 16.4 Å². The van der Waals surface area contributed by atoms with Crippen molar-refractivity contribution in [3.8, 4) is 11.8 Å². The SMILES string of the molecule is NCCCNC(=O)c1ccc(C#CCNC(=O)O)o1.